The number of aryl methyl sites for hydroxylation is 1. The first kappa shape index (κ1) is 27.1. The number of benzene rings is 2. The molecule has 0 bridgehead atoms. The van der Waals surface area contributed by atoms with Gasteiger partial charge in [0, 0.05) is 12.1 Å². The molecule has 0 fully saturated rings. The van der Waals surface area contributed by atoms with Gasteiger partial charge in [-0.2, -0.15) is 0 Å². The highest BCUT2D eigenvalue weighted by Crippen LogP contribution is 2.30. The van der Waals surface area contributed by atoms with E-state index in [0.29, 0.717) is 37.2 Å². The summed E-state index contributed by atoms with van der Waals surface area (Å²) in [7, 11) is 0. The number of ether oxygens (including phenoxy) is 2. The van der Waals surface area contributed by atoms with E-state index in [0.717, 1.165) is 28.8 Å². The molecule has 4 aromatic rings. The lowest BCUT2D eigenvalue weighted by Gasteiger charge is -2.28. The van der Waals surface area contributed by atoms with Gasteiger partial charge in [0.25, 0.3) is 0 Å². The Hall–Kier alpha value is -3.91. The zero-order valence-corrected chi connectivity index (χ0v) is 22.6. The van der Waals surface area contributed by atoms with Crippen LogP contribution in [0.25, 0.3) is 11.5 Å². The fourth-order valence-corrected chi connectivity index (χ4v) is 4.18. The van der Waals surface area contributed by atoms with E-state index in [1.807, 2.05) is 42.5 Å². The van der Waals surface area contributed by atoms with Crippen molar-refractivity contribution in [1.29, 1.82) is 0 Å². The van der Waals surface area contributed by atoms with Crippen LogP contribution in [0.15, 0.2) is 76.1 Å². The van der Waals surface area contributed by atoms with Crippen LogP contribution in [0, 0.1) is 0 Å². The van der Waals surface area contributed by atoms with Gasteiger partial charge in [0.15, 0.2) is 5.60 Å². The van der Waals surface area contributed by atoms with Crippen LogP contribution in [0.1, 0.15) is 63.4 Å². The number of carbonyl (C=O) groups excluding carboxylic acids is 1. The van der Waals surface area contributed by atoms with Gasteiger partial charge in [-0.25, -0.2) is 14.8 Å². The second kappa shape index (κ2) is 12.1. The second-order valence-corrected chi connectivity index (χ2v) is 9.58. The number of nitrogens with zero attached hydrogens (tertiary/aromatic N) is 3. The van der Waals surface area contributed by atoms with Crippen molar-refractivity contribution in [2.24, 2.45) is 0 Å². The number of hydrogen-bond donors (Lipinski definition) is 0. The molecular weight excluding hydrogens is 482 g/mol. The molecular formula is C30H35N3O5. The van der Waals surface area contributed by atoms with Gasteiger partial charge in [-0.3, -0.25) is 4.90 Å². The van der Waals surface area contributed by atoms with Crippen LogP contribution >= 0.6 is 0 Å². The quantitative estimate of drug-likeness (QED) is 0.200. The van der Waals surface area contributed by atoms with Gasteiger partial charge >= 0.3 is 5.97 Å². The number of hydrogen-bond acceptors (Lipinski definition) is 8. The maximum absolute atomic E-state index is 12.4. The summed E-state index contributed by atoms with van der Waals surface area (Å²) in [5, 5.41) is 0. The zero-order chi connectivity index (χ0) is 27.1. The van der Waals surface area contributed by atoms with E-state index in [-0.39, 0.29) is 12.0 Å². The third kappa shape index (κ3) is 6.50. The second-order valence-electron chi connectivity index (χ2n) is 9.58. The number of esters is 1. The Kier molecular flexibility index (Phi) is 8.63. The largest absolute Gasteiger partial charge is 0.476 e. The number of rotatable bonds is 12. The van der Waals surface area contributed by atoms with Crippen molar-refractivity contribution in [2.45, 2.75) is 65.8 Å². The molecule has 0 saturated carbocycles. The Labute approximate surface area is 223 Å². The highest BCUT2D eigenvalue weighted by Gasteiger charge is 2.32. The highest BCUT2D eigenvalue weighted by atomic mass is 16.6. The lowest BCUT2D eigenvalue weighted by Crippen LogP contribution is -2.40. The third-order valence-corrected chi connectivity index (χ3v) is 6.36. The lowest BCUT2D eigenvalue weighted by atomic mass is 10.0. The summed E-state index contributed by atoms with van der Waals surface area (Å²) in [5.74, 6) is 1.49. The maximum Gasteiger partial charge on any atom is 0.349 e. The Morgan fingerprint density at radius 2 is 1.87 bits per heavy atom. The van der Waals surface area contributed by atoms with Crippen LogP contribution in [-0.4, -0.2) is 33.0 Å². The molecule has 0 aliphatic rings. The molecule has 4 rings (SSSR count). The Morgan fingerprint density at radius 3 is 2.55 bits per heavy atom. The Bertz CT molecular complexity index is 1310. The molecule has 0 aliphatic carbocycles. The van der Waals surface area contributed by atoms with Crippen molar-refractivity contribution in [3.63, 3.8) is 0 Å². The van der Waals surface area contributed by atoms with Crippen LogP contribution in [0.3, 0.4) is 0 Å². The van der Waals surface area contributed by atoms with E-state index < -0.39 is 5.60 Å². The maximum atomic E-state index is 12.4. The summed E-state index contributed by atoms with van der Waals surface area (Å²) in [6, 6.07) is 15.8. The molecule has 8 nitrogen and oxygen atoms in total. The molecule has 2 aromatic heterocycles. The van der Waals surface area contributed by atoms with Crippen molar-refractivity contribution < 1.29 is 23.1 Å². The van der Waals surface area contributed by atoms with Crippen molar-refractivity contribution in [2.75, 3.05) is 6.61 Å². The van der Waals surface area contributed by atoms with Gasteiger partial charge in [0.1, 0.15) is 18.3 Å². The van der Waals surface area contributed by atoms with E-state index in [2.05, 4.69) is 29.8 Å². The zero-order valence-electron chi connectivity index (χ0n) is 22.6. The van der Waals surface area contributed by atoms with E-state index >= 15 is 0 Å². The van der Waals surface area contributed by atoms with Gasteiger partial charge in [0.05, 0.1) is 31.1 Å². The van der Waals surface area contributed by atoms with Crippen LogP contribution in [0.4, 0.5) is 0 Å². The van der Waals surface area contributed by atoms with Crippen LogP contribution in [0.5, 0.6) is 5.75 Å². The number of aromatic nitrogens is 2. The minimum Gasteiger partial charge on any atom is -0.476 e. The molecule has 2 aromatic carbocycles. The van der Waals surface area contributed by atoms with Crippen molar-refractivity contribution in [1.82, 2.24) is 14.9 Å². The lowest BCUT2D eigenvalue weighted by molar-refractivity contribution is -0.158. The molecule has 0 N–H and O–H groups in total. The van der Waals surface area contributed by atoms with Crippen LogP contribution < -0.4 is 4.74 Å². The summed E-state index contributed by atoms with van der Waals surface area (Å²) < 4.78 is 22.7. The van der Waals surface area contributed by atoms with Gasteiger partial charge in [-0.15, -0.1) is 0 Å². The third-order valence-electron chi connectivity index (χ3n) is 6.36. The number of carbonyl (C=O) groups is 1. The fraction of sp³-hybridized carbons (Fsp3) is 0.367. The average molecular weight is 518 g/mol. The van der Waals surface area contributed by atoms with Crippen LogP contribution in [-0.2, 0) is 29.0 Å². The van der Waals surface area contributed by atoms with Crippen molar-refractivity contribution >= 4 is 5.97 Å². The monoisotopic (exact) mass is 517 g/mol. The molecule has 38 heavy (non-hydrogen) atoms. The predicted molar refractivity (Wildman–Crippen MR) is 143 cm³/mol. The van der Waals surface area contributed by atoms with Gasteiger partial charge in [0.2, 0.25) is 11.8 Å². The fourth-order valence-electron chi connectivity index (χ4n) is 4.18. The summed E-state index contributed by atoms with van der Waals surface area (Å²) >= 11 is 0. The first-order valence-electron chi connectivity index (χ1n) is 12.9. The molecule has 2 heterocycles. The average Bonchev–Trinajstić information content (AvgIpc) is 3.62. The molecule has 0 unspecified atom stereocenters. The first-order valence-corrected chi connectivity index (χ1v) is 12.9. The summed E-state index contributed by atoms with van der Waals surface area (Å²) in [5.41, 5.74) is 2.77. The molecule has 1 atom stereocenters. The normalized spacial score (nSPS) is 12.5. The first-order chi connectivity index (χ1) is 18.3. The summed E-state index contributed by atoms with van der Waals surface area (Å²) in [6.45, 7) is 10.8. The van der Waals surface area contributed by atoms with E-state index in [1.54, 1.807) is 39.5 Å². The summed E-state index contributed by atoms with van der Waals surface area (Å²) in [6.07, 6.45) is 5.69. The topological polar surface area (TPSA) is 90.8 Å². The molecule has 0 radical (unpaired) electrons. The van der Waals surface area contributed by atoms with E-state index in [1.165, 1.54) is 0 Å². The van der Waals surface area contributed by atoms with Gasteiger partial charge in [-0.05, 0) is 63.4 Å². The van der Waals surface area contributed by atoms with Gasteiger partial charge < -0.3 is 18.3 Å². The molecule has 200 valence electrons. The molecule has 8 heteroatoms. The predicted octanol–water partition coefficient (Wildman–Crippen LogP) is 6.38. The highest BCUT2D eigenvalue weighted by molar-refractivity contribution is 5.79. The van der Waals surface area contributed by atoms with Crippen LogP contribution in [0.2, 0.25) is 0 Å². The summed E-state index contributed by atoms with van der Waals surface area (Å²) in [4.78, 5) is 23.7. The van der Waals surface area contributed by atoms with E-state index in [9.17, 15) is 4.79 Å². The van der Waals surface area contributed by atoms with Gasteiger partial charge in [-0.1, -0.05) is 37.3 Å². The Morgan fingerprint density at radius 1 is 1.08 bits per heavy atom. The van der Waals surface area contributed by atoms with E-state index in [4.69, 9.17) is 23.3 Å². The van der Waals surface area contributed by atoms with Crippen molar-refractivity contribution in [3.05, 3.63) is 90.0 Å². The molecule has 0 spiro atoms. The molecule has 0 saturated heterocycles. The molecule has 0 aliphatic heterocycles. The molecule has 0 amide bonds. The van der Waals surface area contributed by atoms with Crippen molar-refractivity contribution in [3.8, 4) is 17.2 Å². The minimum atomic E-state index is -1.09. The smallest absolute Gasteiger partial charge is 0.349 e. The Balaban J connectivity index is 1.57. The SMILES string of the molecule is CCOC(=O)C(C)(C)Oc1ccc(CN(Cc2ncco2)[C@@H](C)c2coc(-c3ccccc3)n2)cc1CC. The minimum absolute atomic E-state index is 0.0770. The number of oxazole rings is 2. The standard InChI is InChI=1S/C30H35N3O5/c1-6-23-17-22(13-14-26(23)38-30(4,5)29(34)35-7-2)18-33(19-27-31-15-16-36-27)21(3)25-20-37-28(32-25)24-11-9-8-10-12-24/h8-17,20-21H,6-7,18-19H2,1-5H3/t21-/m0/s1.